The second-order valence-electron chi connectivity index (χ2n) is 6.69. The number of halogens is 4. The lowest BCUT2D eigenvalue weighted by Crippen LogP contribution is -2.27. The molecule has 3 rings (SSSR count). The van der Waals surface area contributed by atoms with E-state index in [2.05, 4.69) is 34.1 Å². The van der Waals surface area contributed by atoms with Gasteiger partial charge in [0.1, 0.15) is 5.02 Å². The normalized spacial score (nSPS) is 12.1. The maximum atomic E-state index is 13.2. The number of anilines is 1. The lowest BCUT2D eigenvalue weighted by Gasteiger charge is -2.19. The van der Waals surface area contributed by atoms with Gasteiger partial charge in [0.2, 0.25) is 5.95 Å². The van der Waals surface area contributed by atoms with Crippen molar-refractivity contribution in [2.45, 2.75) is 26.6 Å². The van der Waals surface area contributed by atoms with Crippen molar-refractivity contribution in [2.24, 2.45) is 7.05 Å². The zero-order valence-electron chi connectivity index (χ0n) is 16.8. The summed E-state index contributed by atoms with van der Waals surface area (Å²) >= 11 is 5.84. The van der Waals surface area contributed by atoms with E-state index in [9.17, 15) is 18.0 Å². The third kappa shape index (κ3) is 4.29. The Labute approximate surface area is 176 Å². The molecule has 1 N–H and O–H groups in total. The largest absolute Gasteiger partial charge is 0.434 e. The fourth-order valence-electron chi connectivity index (χ4n) is 3.29. The lowest BCUT2D eigenvalue weighted by molar-refractivity contribution is -0.143. The van der Waals surface area contributed by atoms with Crippen LogP contribution in [0.15, 0.2) is 24.3 Å². The highest BCUT2D eigenvalue weighted by molar-refractivity contribution is 6.34. The number of likely N-dealkylation sites (N-methyl/N-ethyl adjacent to an activating group) is 1. The molecule has 0 aliphatic carbocycles. The number of hydrogen-bond acceptors (Lipinski definition) is 4. The van der Waals surface area contributed by atoms with Gasteiger partial charge in [0, 0.05) is 20.1 Å². The van der Waals surface area contributed by atoms with E-state index < -0.39 is 28.5 Å². The van der Waals surface area contributed by atoms with Crippen LogP contribution in [0.5, 0.6) is 0 Å². The number of hydrogen-bond donors (Lipinski definition) is 1. The van der Waals surface area contributed by atoms with E-state index in [1.54, 1.807) is 6.07 Å². The summed E-state index contributed by atoms with van der Waals surface area (Å²) in [5, 5.41) is 5.50. The molecule has 2 heterocycles. The van der Waals surface area contributed by atoms with Crippen molar-refractivity contribution in [1.82, 2.24) is 24.2 Å². The molecule has 11 heteroatoms. The van der Waals surface area contributed by atoms with Gasteiger partial charge in [-0.15, -0.1) is 0 Å². The fraction of sp³-hybridized carbons (Fsp3) is 0.421. The molecule has 162 valence electrons. The topological polar surface area (TPSA) is 68.0 Å². The number of para-hydroxylation sites is 2. The molecule has 2 aromatic heterocycles. The summed E-state index contributed by atoms with van der Waals surface area (Å²) in [5.41, 5.74) is -0.211. The predicted octanol–water partition coefficient (Wildman–Crippen LogP) is 4.04. The van der Waals surface area contributed by atoms with Crippen molar-refractivity contribution in [3.8, 4) is 0 Å². The van der Waals surface area contributed by atoms with Gasteiger partial charge in [0.15, 0.2) is 11.4 Å². The molecule has 0 aliphatic rings. The first-order valence-electron chi connectivity index (χ1n) is 9.46. The van der Waals surface area contributed by atoms with Crippen LogP contribution >= 0.6 is 11.6 Å². The van der Waals surface area contributed by atoms with Crippen molar-refractivity contribution in [3.63, 3.8) is 0 Å². The first-order chi connectivity index (χ1) is 14.2. The van der Waals surface area contributed by atoms with E-state index >= 15 is 0 Å². The van der Waals surface area contributed by atoms with E-state index in [0.717, 1.165) is 32.2 Å². The maximum Gasteiger partial charge on any atom is 0.434 e. The number of carbonyl (C=O) groups excluding carboxylic acids is 1. The minimum Gasteiger partial charge on any atom is -0.309 e. The van der Waals surface area contributed by atoms with Crippen molar-refractivity contribution in [1.29, 1.82) is 0 Å². The second kappa shape index (κ2) is 8.65. The van der Waals surface area contributed by atoms with E-state index in [-0.39, 0.29) is 5.95 Å². The summed E-state index contributed by atoms with van der Waals surface area (Å²) in [5.74, 6) is -0.630. The third-order valence-corrected chi connectivity index (χ3v) is 5.25. The molecule has 0 saturated heterocycles. The molecule has 0 spiro atoms. The summed E-state index contributed by atoms with van der Waals surface area (Å²) in [6, 6.07) is 7.35. The van der Waals surface area contributed by atoms with Gasteiger partial charge in [-0.25, -0.2) is 4.98 Å². The molecule has 0 unspecified atom stereocenters. The van der Waals surface area contributed by atoms with Crippen LogP contribution in [0, 0.1) is 0 Å². The Kier molecular flexibility index (Phi) is 6.37. The zero-order valence-corrected chi connectivity index (χ0v) is 17.5. The number of fused-ring (bicyclic) bond motifs is 1. The quantitative estimate of drug-likeness (QED) is 0.599. The van der Waals surface area contributed by atoms with Crippen LogP contribution in [0.2, 0.25) is 5.02 Å². The molecular formula is C19H22ClF3N6O. The number of aryl methyl sites for hydroxylation is 1. The van der Waals surface area contributed by atoms with Gasteiger partial charge < -0.3 is 9.47 Å². The molecule has 0 saturated carbocycles. The predicted molar refractivity (Wildman–Crippen MR) is 109 cm³/mol. The van der Waals surface area contributed by atoms with Crippen LogP contribution in [0.1, 0.15) is 30.0 Å². The summed E-state index contributed by atoms with van der Waals surface area (Å²) in [6.07, 6.45) is -4.73. The van der Waals surface area contributed by atoms with Gasteiger partial charge in [-0.05, 0) is 25.2 Å². The minimum atomic E-state index is -4.73. The molecule has 0 bridgehead atoms. The second-order valence-corrected chi connectivity index (χ2v) is 7.07. The van der Waals surface area contributed by atoms with E-state index in [4.69, 9.17) is 11.6 Å². The number of nitrogens with zero attached hydrogens (tertiary/aromatic N) is 5. The summed E-state index contributed by atoms with van der Waals surface area (Å²) in [6.45, 7) is 7.11. The van der Waals surface area contributed by atoms with E-state index in [1.165, 1.54) is 0 Å². The Bertz CT molecular complexity index is 1050. The summed E-state index contributed by atoms with van der Waals surface area (Å²) in [4.78, 5) is 19.3. The van der Waals surface area contributed by atoms with Crippen LogP contribution < -0.4 is 5.32 Å². The fourth-order valence-corrected chi connectivity index (χ4v) is 3.64. The molecule has 30 heavy (non-hydrogen) atoms. The Morgan fingerprint density at radius 1 is 1.23 bits per heavy atom. The van der Waals surface area contributed by atoms with Gasteiger partial charge in [0.05, 0.1) is 11.0 Å². The average molecular weight is 443 g/mol. The van der Waals surface area contributed by atoms with Gasteiger partial charge >= 0.3 is 6.18 Å². The molecule has 0 fully saturated rings. The number of rotatable bonds is 7. The number of aromatic nitrogens is 4. The zero-order chi connectivity index (χ0) is 22.1. The molecule has 0 radical (unpaired) electrons. The smallest absolute Gasteiger partial charge is 0.309 e. The Morgan fingerprint density at radius 2 is 1.90 bits per heavy atom. The Morgan fingerprint density at radius 3 is 2.50 bits per heavy atom. The van der Waals surface area contributed by atoms with Crippen LogP contribution in [0.25, 0.3) is 11.0 Å². The molecule has 1 amide bonds. The Hall–Kier alpha value is -2.59. The maximum absolute atomic E-state index is 13.2. The lowest BCUT2D eigenvalue weighted by atomic mass is 10.3. The summed E-state index contributed by atoms with van der Waals surface area (Å²) < 4.78 is 41.9. The first-order valence-corrected chi connectivity index (χ1v) is 9.83. The van der Waals surface area contributed by atoms with Crippen LogP contribution in [-0.2, 0) is 19.8 Å². The molecule has 0 atom stereocenters. The standard InChI is InChI=1S/C19H22ClF3N6O/c1-4-28(5-2)10-11-29-13-9-7-6-8-12(13)24-18(29)25-17(30)15-14(20)16(19(21,22)23)27(3)26-15/h6-9H,4-5,10-11H2,1-3H3,(H,24,25,30). The molecule has 0 aliphatic heterocycles. The van der Waals surface area contributed by atoms with Crippen molar-refractivity contribution in [3.05, 3.63) is 40.7 Å². The van der Waals surface area contributed by atoms with Gasteiger partial charge in [0.25, 0.3) is 5.91 Å². The first kappa shape index (κ1) is 22.1. The minimum absolute atomic E-state index is 0.226. The number of carbonyl (C=O) groups is 1. The van der Waals surface area contributed by atoms with Gasteiger partial charge in [-0.2, -0.15) is 18.3 Å². The van der Waals surface area contributed by atoms with Crippen LogP contribution in [0.3, 0.4) is 0 Å². The van der Waals surface area contributed by atoms with Crippen molar-refractivity contribution < 1.29 is 18.0 Å². The third-order valence-electron chi connectivity index (χ3n) is 4.89. The SMILES string of the molecule is CCN(CC)CCn1c(NC(=O)c2nn(C)c(C(F)(F)F)c2Cl)nc2ccccc21. The molecule has 7 nitrogen and oxygen atoms in total. The molecular weight excluding hydrogens is 421 g/mol. The number of amides is 1. The number of imidazole rings is 1. The van der Waals surface area contributed by atoms with Crippen LogP contribution in [0.4, 0.5) is 19.1 Å². The molecule has 3 aromatic rings. The van der Waals surface area contributed by atoms with Gasteiger partial charge in [-0.3, -0.25) is 14.8 Å². The average Bonchev–Trinajstić information content (AvgIpc) is 3.18. The van der Waals surface area contributed by atoms with Crippen LogP contribution in [-0.4, -0.2) is 49.8 Å². The molecule has 1 aromatic carbocycles. The van der Waals surface area contributed by atoms with E-state index in [0.29, 0.717) is 16.7 Å². The van der Waals surface area contributed by atoms with E-state index in [1.807, 2.05) is 22.8 Å². The monoisotopic (exact) mass is 442 g/mol. The summed E-state index contributed by atoms with van der Waals surface area (Å²) in [7, 11) is 1.09. The van der Waals surface area contributed by atoms with Gasteiger partial charge in [-0.1, -0.05) is 37.6 Å². The highest BCUT2D eigenvalue weighted by Crippen LogP contribution is 2.36. The number of benzene rings is 1. The highest BCUT2D eigenvalue weighted by Gasteiger charge is 2.40. The van der Waals surface area contributed by atoms with Crippen molar-refractivity contribution in [2.75, 3.05) is 25.0 Å². The Balaban J connectivity index is 1.94. The highest BCUT2D eigenvalue weighted by atomic mass is 35.5. The number of alkyl halides is 3. The number of nitrogens with one attached hydrogen (secondary N) is 1. The van der Waals surface area contributed by atoms with Crippen molar-refractivity contribution >= 4 is 34.5 Å².